The van der Waals surface area contributed by atoms with Gasteiger partial charge >= 0.3 is 0 Å². The van der Waals surface area contributed by atoms with Gasteiger partial charge in [-0.3, -0.25) is 0 Å². The van der Waals surface area contributed by atoms with Crippen LogP contribution in [0.15, 0.2) is 84.9 Å². The molecule has 0 aliphatic heterocycles. The lowest BCUT2D eigenvalue weighted by Gasteiger charge is -2.20. The van der Waals surface area contributed by atoms with Crippen LogP contribution in [0.1, 0.15) is 37.5 Å². The Morgan fingerprint density at radius 1 is 0.700 bits per heavy atom. The van der Waals surface area contributed by atoms with E-state index in [1.54, 1.807) is 0 Å². The first-order valence-electron chi connectivity index (χ1n) is 10.8. The lowest BCUT2D eigenvalue weighted by molar-refractivity contribution is 0.590. The molecule has 0 radical (unpaired) electrons. The summed E-state index contributed by atoms with van der Waals surface area (Å²) >= 11 is 0. The van der Waals surface area contributed by atoms with E-state index in [9.17, 15) is 0 Å². The third-order valence-corrected chi connectivity index (χ3v) is 6.59. The van der Waals surface area contributed by atoms with Crippen molar-refractivity contribution in [2.24, 2.45) is 0 Å². The molecular weight excluding hydrogens is 362 g/mol. The van der Waals surface area contributed by atoms with Crippen molar-refractivity contribution >= 4 is 21.8 Å². The number of rotatable bonds is 1. The van der Waals surface area contributed by atoms with E-state index >= 15 is 0 Å². The van der Waals surface area contributed by atoms with E-state index in [2.05, 4.69) is 110 Å². The SMILES string of the molecule is CC(C)(C)c1ccc2c(c1)-c1ccc3c(c1C2)c1ccccc1n3-c1ccccc1. The Hall–Kier alpha value is -3.32. The summed E-state index contributed by atoms with van der Waals surface area (Å²) in [6, 6.07) is 31.3. The van der Waals surface area contributed by atoms with Gasteiger partial charge in [0.05, 0.1) is 11.0 Å². The number of benzene rings is 4. The fourth-order valence-corrected chi connectivity index (χ4v) is 5.06. The topological polar surface area (TPSA) is 4.93 Å². The predicted octanol–water partition coefficient (Wildman–Crippen LogP) is 7.65. The molecule has 1 aromatic heterocycles. The van der Waals surface area contributed by atoms with Crippen LogP contribution in [0.25, 0.3) is 38.6 Å². The van der Waals surface area contributed by atoms with Crippen molar-refractivity contribution in [1.82, 2.24) is 4.57 Å². The van der Waals surface area contributed by atoms with Gasteiger partial charge in [0, 0.05) is 16.5 Å². The number of nitrogens with zero attached hydrogens (tertiary/aromatic N) is 1. The van der Waals surface area contributed by atoms with Crippen LogP contribution in [-0.2, 0) is 11.8 Å². The van der Waals surface area contributed by atoms with Crippen molar-refractivity contribution in [3.63, 3.8) is 0 Å². The van der Waals surface area contributed by atoms with E-state index in [0.717, 1.165) is 6.42 Å². The number of fused-ring (bicyclic) bond motifs is 7. The summed E-state index contributed by atoms with van der Waals surface area (Å²) in [5.74, 6) is 0. The first-order chi connectivity index (χ1) is 14.5. The van der Waals surface area contributed by atoms with Crippen molar-refractivity contribution in [3.05, 3.63) is 102 Å². The molecule has 1 heteroatoms. The quantitative estimate of drug-likeness (QED) is 0.273. The number of aromatic nitrogens is 1. The smallest absolute Gasteiger partial charge is 0.0544 e. The van der Waals surface area contributed by atoms with Gasteiger partial charge in [-0.1, -0.05) is 81.4 Å². The molecule has 1 nitrogen and oxygen atoms in total. The molecule has 0 saturated carbocycles. The summed E-state index contributed by atoms with van der Waals surface area (Å²) in [6.45, 7) is 6.88. The molecule has 1 heterocycles. The Balaban J connectivity index is 1.68. The number of hydrogen-bond acceptors (Lipinski definition) is 0. The van der Waals surface area contributed by atoms with Crippen LogP contribution in [-0.4, -0.2) is 4.57 Å². The molecule has 0 unspecified atom stereocenters. The summed E-state index contributed by atoms with van der Waals surface area (Å²) in [5.41, 5.74) is 11.1. The molecule has 4 aromatic carbocycles. The van der Waals surface area contributed by atoms with Crippen molar-refractivity contribution in [3.8, 4) is 16.8 Å². The molecule has 0 saturated heterocycles. The van der Waals surface area contributed by atoms with Crippen LogP contribution in [0, 0.1) is 0 Å². The highest BCUT2D eigenvalue weighted by Gasteiger charge is 2.26. The van der Waals surface area contributed by atoms with E-state index < -0.39 is 0 Å². The van der Waals surface area contributed by atoms with Gasteiger partial charge < -0.3 is 4.57 Å². The highest BCUT2D eigenvalue weighted by Crippen LogP contribution is 2.45. The maximum Gasteiger partial charge on any atom is 0.0544 e. The lowest BCUT2D eigenvalue weighted by Crippen LogP contribution is -2.10. The average Bonchev–Trinajstić information content (AvgIpc) is 3.28. The van der Waals surface area contributed by atoms with Crippen LogP contribution in [0.5, 0.6) is 0 Å². The minimum Gasteiger partial charge on any atom is -0.309 e. The van der Waals surface area contributed by atoms with Crippen molar-refractivity contribution in [2.45, 2.75) is 32.6 Å². The molecule has 30 heavy (non-hydrogen) atoms. The molecule has 146 valence electrons. The lowest BCUT2D eigenvalue weighted by atomic mass is 9.85. The fraction of sp³-hybridized carbons (Fsp3) is 0.172. The van der Waals surface area contributed by atoms with E-state index in [4.69, 9.17) is 0 Å². The van der Waals surface area contributed by atoms with Gasteiger partial charge in [0.15, 0.2) is 0 Å². The number of hydrogen-bond donors (Lipinski definition) is 0. The third kappa shape index (κ3) is 2.42. The molecule has 5 aromatic rings. The summed E-state index contributed by atoms with van der Waals surface area (Å²) in [6.07, 6.45) is 1.01. The van der Waals surface area contributed by atoms with Crippen LogP contribution >= 0.6 is 0 Å². The molecule has 0 atom stereocenters. The maximum absolute atomic E-state index is 2.42. The van der Waals surface area contributed by atoms with Crippen molar-refractivity contribution in [2.75, 3.05) is 0 Å². The zero-order valence-electron chi connectivity index (χ0n) is 17.7. The number of para-hydroxylation sites is 2. The van der Waals surface area contributed by atoms with Crippen molar-refractivity contribution < 1.29 is 0 Å². The maximum atomic E-state index is 2.42. The zero-order valence-corrected chi connectivity index (χ0v) is 17.7. The molecule has 0 amide bonds. The van der Waals surface area contributed by atoms with Gasteiger partial charge in [-0.25, -0.2) is 0 Å². The molecule has 6 rings (SSSR count). The third-order valence-electron chi connectivity index (χ3n) is 6.59. The minimum absolute atomic E-state index is 0.158. The van der Waals surface area contributed by atoms with E-state index in [-0.39, 0.29) is 5.41 Å². The van der Waals surface area contributed by atoms with Crippen LogP contribution < -0.4 is 0 Å². The van der Waals surface area contributed by atoms with Crippen molar-refractivity contribution in [1.29, 1.82) is 0 Å². The Morgan fingerprint density at radius 2 is 1.47 bits per heavy atom. The molecule has 0 spiro atoms. The van der Waals surface area contributed by atoms with Crippen LogP contribution in [0.2, 0.25) is 0 Å². The van der Waals surface area contributed by atoms with Gasteiger partial charge in [-0.15, -0.1) is 0 Å². The molecule has 0 N–H and O–H groups in total. The minimum atomic E-state index is 0.158. The summed E-state index contributed by atoms with van der Waals surface area (Å²) in [7, 11) is 0. The second kappa shape index (κ2) is 6.09. The molecular formula is C29H25N. The highest BCUT2D eigenvalue weighted by atomic mass is 15.0. The Bertz CT molecular complexity index is 1430. The Morgan fingerprint density at radius 3 is 2.27 bits per heavy atom. The largest absolute Gasteiger partial charge is 0.309 e. The van der Waals surface area contributed by atoms with Gasteiger partial charge in [0.1, 0.15) is 0 Å². The summed E-state index contributed by atoms with van der Waals surface area (Å²) < 4.78 is 2.41. The van der Waals surface area contributed by atoms with Gasteiger partial charge in [0.2, 0.25) is 0 Å². The van der Waals surface area contributed by atoms with Crippen LogP contribution in [0.3, 0.4) is 0 Å². The van der Waals surface area contributed by atoms with Gasteiger partial charge in [0.25, 0.3) is 0 Å². The summed E-state index contributed by atoms with van der Waals surface area (Å²) in [5, 5.41) is 2.75. The molecule has 1 aliphatic rings. The predicted molar refractivity (Wildman–Crippen MR) is 128 cm³/mol. The summed E-state index contributed by atoms with van der Waals surface area (Å²) in [4.78, 5) is 0. The van der Waals surface area contributed by atoms with E-state index in [1.807, 2.05) is 0 Å². The first-order valence-corrected chi connectivity index (χ1v) is 10.8. The van der Waals surface area contributed by atoms with Gasteiger partial charge in [-0.05, 0) is 63.9 Å². The second-order valence-electron chi connectivity index (χ2n) is 9.47. The average molecular weight is 388 g/mol. The Labute approximate surface area is 177 Å². The monoisotopic (exact) mass is 387 g/mol. The molecule has 1 aliphatic carbocycles. The molecule has 0 fully saturated rings. The fourth-order valence-electron chi connectivity index (χ4n) is 5.06. The van der Waals surface area contributed by atoms with E-state index in [1.165, 1.54) is 55.3 Å². The van der Waals surface area contributed by atoms with E-state index in [0.29, 0.717) is 0 Å². The highest BCUT2D eigenvalue weighted by molar-refractivity contribution is 6.13. The standard InChI is InChI=1S/C29H25N/c1-29(2,3)20-14-13-19-17-25-22(24(19)18-20)15-16-27-28(25)23-11-7-8-12-26(23)30(27)21-9-5-4-6-10-21/h4-16,18H,17H2,1-3H3. The first kappa shape index (κ1) is 17.5. The van der Waals surface area contributed by atoms with Crippen LogP contribution in [0.4, 0.5) is 0 Å². The normalized spacial score (nSPS) is 13.0. The van der Waals surface area contributed by atoms with Gasteiger partial charge in [-0.2, -0.15) is 0 Å². The second-order valence-corrected chi connectivity index (χ2v) is 9.47. The zero-order chi connectivity index (χ0) is 20.5. The Kier molecular flexibility index (Phi) is 3.56. The molecule has 0 bridgehead atoms.